The highest BCUT2D eigenvalue weighted by atomic mass is 16.5. The second kappa shape index (κ2) is 8.55. The van der Waals surface area contributed by atoms with Crippen molar-refractivity contribution in [1.82, 2.24) is 4.90 Å². The van der Waals surface area contributed by atoms with Gasteiger partial charge in [-0.1, -0.05) is 12.1 Å². The van der Waals surface area contributed by atoms with Crippen molar-refractivity contribution in [2.45, 2.75) is 32.1 Å². The molecule has 0 unspecified atom stereocenters. The Hall–Kier alpha value is -3.02. The predicted molar refractivity (Wildman–Crippen MR) is 111 cm³/mol. The van der Waals surface area contributed by atoms with Crippen LogP contribution >= 0.6 is 0 Å². The van der Waals surface area contributed by atoms with Crippen molar-refractivity contribution in [1.29, 1.82) is 0 Å². The second-order valence-corrected chi connectivity index (χ2v) is 7.60. The summed E-state index contributed by atoms with van der Waals surface area (Å²) in [5.41, 5.74) is 3.66. The summed E-state index contributed by atoms with van der Waals surface area (Å²) >= 11 is 0. The quantitative estimate of drug-likeness (QED) is 0.834. The zero-order chi connectivity index (χ0) is 20.2. The maximum absolute atomic E-state index is 12.8. The number of carbonyl (C=O) groups is 2. The third kappa shape index (κ3) is 4.36. The van der Waals surface area contributed by atoms with E-state index in [4.69, 9.17) is 9.84 Å². The van der Waals surface area contributed by atoms with Gasteiger partial charge in [0.2, 0.25) is 0 Å². The molecule has 1 saturated heterocycles. The topological polar surface area (TPSA) is 70.1 Å². The molecule has 2 aliphatic heterocycles. The van der Waals surface area contributed by atoms with Gasteiger partial charge in [-0.3, -0.25) is 9.59 Å². The number of carbonyl (C=O) groups excluding carboxylic acids is 1. The third-order valence-electron chi connectivity index (χ3n) is 5.59. The van der Waals surface area contributed by atoms with Gasteiger partial charge in [0.15, 0.2) is 0 Å². The normalized spacial score (nSPS) is 16.1. The molecular formula is C23H26N2O4. The molecule has 152 valence electrons. The Balaban J connectivity index is 1.52. The molecule has 1 N–H and O–H groups in total. The van der Waals surface area contributed by atoms with Crippen molar-refractivity contribution < 1.29 is 19.4 Å². The molecule has 6 nitrogen and oxygen atoms in total. The van der Waals surface area contributed by atoms with E-state index in [2.05, 4.69) is 4.90 Å². The number of amides is 1. The van der Waals surface area contributed by atoms with Crippen LogP contribution < -0.4 is 9.64 Å². The SMILES string of the molecule is O=C(O)CCc1ccc(N2CCOc3cc(C(=O)N4CCCCC4)ccc32)cc1. The predicted octanol–water partition coefficient (Wildman–Crippen LogP) is 3.86. The average Bonchev–Trinajstić information content (AvgIpc) is 2.77. The number of likely N-dealkylation sites (tertiary alicyclic amines) is 1. The van der Waals surface area contributed by atoms with Crippen LogP contribution in [0.15, 0.2) is 42.5 Å². The van der Waals surface area contributed by atoms with Crippen LogP contribution in [0.3, 0.4) is 0 Å². The number of carboxylic acid groups (broad SMARTS) is 1. The van der Waals surface area contributed by atoms with E-state index in [-0.39, 0.29) is 12.3 Å². The molecule has 0 saturated carbocycles. The van der Waals surface area contributed by atoms with E-state index in [9.17, 15) is 9.59 Å². The van der Waals surface area contributed by atoms with E-state index in [1.54, 1.807) is 0 Å². The molecule has 1 fully saturated rings. The van der Waals surface area contributed by atoms with Crippen molar-refractivity contribution in [3.63, 3.8) is 0 Å². The number of hydrogen-bond acceptors (Lipinski definition) is 4. The average molecular weight is 394 g/mol. The minimum absolute atomic E-state index is 0.0796. The fraction of sp³-hybridized carbons (Fsp3) is 0.391. The summed E-state index contributed by atoms with van der Waals surface area (Å²) in [7, 11) is 0. The van der Waals surface area contributed by atoms with Crippen molar-refractivity contribution >= 4 is 23.3 Å². The van der Waals surface area contributed by atoms with Crippen LogP contribution in [-0.2, 0) is 11.2 Å². The molecule has 2 aromatic rings. The van der Waals surface area contributed by atoms with E-state index in [1.165, 1.54) is 6.42 Å². The zero-order valence-corrected chi connectivity index (χ0v) is 16.5. The molecule has 2 heterocycles. The van der Waals surface area contributed by atoms with Gasteiger partial charge in [0.05, 0.1) is 12.2 Å². The number of anilines is 2. The van der Waals surface area contributed by atoms with Gasteiger partial charge in [-0.05, 0) is 61.6 Å². The largest absolute Gasteiger partial charge is 0.490 e. The van der Waals surface area contributed by atoms with E-state index < -0.39 is 5.97 Å². The molecule has 0 radical (unpaired) electrons. The lowest BCUT2D eigenvalue weighted by molar-refractivity contribution is -0.136. The fourth-order valence-corrected chi connectivity index (χ4v) is 3.99. The molecule has 2 aliphatic rings. The van der Waals surface area contributed by atoms with Gasteiger partial charge in [0.25, 0.3) is 5.91 Å². The van der Waals surface area contributed by atoms with Crippen LogP contribution in [0.2, 0.25) is 0 Å². The van der Waals surface area contributed by atoms with Crippen molar-refractivity contribution in [3.05, 3.63) is 53.6 Å². The van der Waals surface area contributed by atoms with Crippen LogP contribution in [0.5, 0.6) is 5.75 Å². The van der Waals surface area contributed by atoms with E-state index in [0.717, 1.165) is 55.2 Å². The highest BCUT2D eigenvalue weighted by Gasteiger charge is 2.23. The lowest BCUT2D eigenvalue weighted by Crippen LogP contribution is -2.35. The molecule has 0 atom stereocenters. The Morgan fingerprint density at radius 1 is 0.966 bits per heavy atom. The highest BCUT2D eigenvalue weighted by molar-refractivity contribution is 5.95. The van der Waals surface area contributed by atoms with E-state index in [1.807, 2.05) is 47.4 Å². The Labute approximate surface area is 170 Å². The molecule has 4 rings (SSSR count). The number of hydrogen-bond donors (Lipinski definition) is 1. The molecule has 29 heavy (non-hydrogen) atoms. The number of benzene rings is 2. The summed E-state index contributed by atoms with van der Waals surface area (Å²) in [5, 5.41) is 8.84. The first kappa shape index (κ1) is 19.3. The van der Waals surface area contributed by atoms with Crippen molar-refractivity contribution in [2.24, 2.45) is 0 Å². The number of ether oxygens (including phenoxy) is 1. The molecule has 2 aromatic carbocycles. The van der Waals surface area contributed by atoms with E-state index >= 15 is 0 Å². The highest BCUT2D eigenvalue weighted by Crippen LogP contribution is 2.37. The zero-order valence-electron chi connectivity index (χ0n) is 16.5. The number of aliphatic carboxylic acids is 1. The van der Waals surface area contributed by atoms with Crippen LogP contribution in [-0.4, -0.2) is 48.1 Å². The summed E-state index contributed by atoms with van der Waals surface area (Å²) in [4.78, 5) is 27.7. The summed E-state index contributed by atoms with van der Waals surface area (Å²) in [6.07, 6.45) is 4.00. The monoisotopic (exact) mass is 394 g/mol. The smallest absolute Gasteiger partial charge is 0.303 e. The third-order valence-corrected chi connectivity index (χ3v) is 5.59. The van der Waals surface area contributed by atoms with Crippen LogP contribution in [0.4, 0.5) is 11.4 Å². The minimum Gasteiger partial charge on any atom is -0.490 e. The molecule has 0 aliphatic carbocycles. The number of piperidine rings is 1. The molecule has 6 heteroatoms. The first-order chi connectivity index (χ1) is 14.1. The summed E-state index contributed by atoms with van der Waals surface area (Å²) in [6, 6.07) is 13.7. The Kier molecular flexibility index (Phi) is 5.69. The first-order valence-corrected chi connectivity index (χ1v) is 10.3. The van der Waals surface area contributed by atoms with Gasteiger partial charge < -0.3 is 19.6 Å². The molecular weight excluding hydrogens is 368 g/mol. The van der Waals surface area contributed by atoms with Gasteiger partial charge in [0.1, 0.15) is 12.4 Å². The molecule has 0 aromatic heterocycles. The molecule has 1 amide bonds. The van der Waals surface area contributed by atoms with Crippen LogP contribution in [0, 0.1) is 0 Å². The first-order valence-electron chi connectivity index (χ1n) is 10.3. The van der Waals surface area contributed by atoms with Gasteiger partial charge in [-0.15, -0.1) is 0 Å². The van der Waals surface area contributed by atoms with Crippen molar-refractivity contribution in [3.8, 4) is 5.75 Å². The van der Waals surface area contributed by atoms with E-state index in [0.29, 0.717) is 18.6 Å². The van der Waals surface area contributed by atoms with Crippen LogP contribution in [0.1, 0.15) is 41.6 Å². The van der Waals surface area contributed by atoms with Gasteiger partial charge in [0, 0.05) is 30.8 Å². The van der Waals surface area contributed by atoms with Gasteiger partial charge in [-0.2, -0.15) is 0 Å². The minimum atomic E-state index is -0.786. The number of fused-ring (bicyclic) bond motifs is 1. The number of nitrogens with zero attached hydrogens (tertiary/aromatic N) is 2. The fourth-order valence-electron chi connectivity index (χ4n) is 3.99. The van der Waals surface area contributed by atoms with Crippen LogP contribution in [0.25, 0.3) is 0 Å². The van der Waals surface area contributed by atoms with Crippen molar-refractivity contribution in [2.75, 3.05) is 31.1 Å². The summed E-state index contributed by atoms with van der Waals surface area (Å²) in [6.45, 7) is 2.93. The maximum atomic E-state index is 12.8. The molecule has 0 bridgehead atoms. The number of rotatable bonds is 5. The summed E-state index contributed by atoms with van der Waals surface area (Å²) in [5.74, 6) is 0.0242. The lowest BCUT2D eigenvalue weighted by atomic mass is 10.1. The van der Waals surface area contributed by atoms with Gasteiger partial charge in [-0.25, -0.2) is 0 Å². The Bertz CT molecular complexity index is 888. The van der Waals surface area contributed by atoms with Gasteiger partial charge >= 0.3 is 5.97 Å². The lowest BCUT2D eigenvalue weighted by Gasteiger charge is -2.32. The second-order valence-electron chi connectivity index (χ2n) is 7.60. The maximum Gasteiger partial charge on any atom is 0.303 e. The Morgan fingerprint density at radius 3 is 2.45 bits per heavy atom. The standard InChI is InChI=1S/C23H26N2O4/c26-22(27)11-6-17-4-8-19(9-5-17)25-14-15-29-21-16-18(7-10-20(21)25)23(28)24-12-2-1-3-13-24/h4-5,7-10,16H,1-3,6,11-15H2,(H,26,27). The summed E-state index contributed by atoms with van der Waals surface area (Å²) < 4.78 is 5.86. The Morgan fingerprint density at radius 2 is 1.72 bits per heavy atom. The number of carboxylic acids is 1. The number of aryl methyl sites for hydroxylation is 1. The molecule has 0 spiro atoms.